The number of amides is 2. The van der Waals surface area contributed by atoms with Crippen molar-refractivity contribution in [3.8, 4) is 0 Å². The van der Waals surface area contributed by atoms with Gasteiger partial charge in [0.2, 0.25) is 0 Å². The van der Waals surface area contributed by atoms with Gasteiger partial charge in [0, 0.05) is 24.0 Å². The Morgan fingerprint density at radius 2 is 1.83 bits per heavy atom. The van der Waals surface area contributed by atoms with Gasteiger partial charge in [-0.25, -0.2) is 4.39 Å². The van der Waals surface area contributed by atoms with Gasteiger partial charge in [-0.3, -0.25) is 9.59 Å². The highest BCUT2D eigenvalue weighted by Gasteiger charge is 2.19. The minimum atomic E-state index is -0.514. The van der Waals surface area contributed by atoms with Crippen LogP contribution in [-0.2, 0) is 0 Å². The highest BCUT2D eigenvalue weighted by molar-refractivity contribution is 5.99. The number of hydrogen-bond acceptors (Lipinski definition) is 4. The lowest BCUT2D eigenvalue weighted by molar-refractivity contribution is 0.0901. The van der Waals surface area contributed by atoms with Crippen LogP contribution in [0.4, 0.5) is 4.39 Å². The fourth-order valence-electron chi connectivity index (χ4n) is 2.35. The molecular weight excluding hydrogens is 315 g/mol. The van der Waals surface area contributed by atoms with Crippen LogP contribution < -0.4 is 10.6 Å². The summed E-state index contributed by atoms with van der Waals surface area (Å²) in [4.78, 5) is 23.8. The first-order valence-electron chi connectivity index (χ1n) is 7.35. The third kappa shape index (κ3) is 3.01. The van der Waals surface area contributed by atoms with Crippen LogP contribution >= 0.6 is 0 Å². The minimum absolute atomic E-state index is 0.0614. The molecule has 6 nitrogen and oxygen atoms in total. The van der Waals surface area contributed by atoms with Crippen molar-refractivity contribution in [3.63, 3.8) is 0 Å². The minimum Gasteiger partial charge on any atom is -0.459 e. The molecule has 7 heteroatoms. The Bertz CT molecular complexity index is 884. The van der Waals surface area contributed by atoms with Gasteiger partial charge in [-0.05, 0) is 25.1 Å². The number of hydrogen-bond donors (Lipinski definition) is 2. The van der Waals surface area contributed by atoms with Crippen molar-refractivity contribution in [3.05, 3.63) is 59.5 Å². The van der Waals surface area contributed by atoms with Gasteiger partial charge in [-0.2, -0.15) is 0 Å². The van der Waals surface area contributed by atoms with E-state index < -0.39 is 11.7 Å². The van der Waals surface area contributed by atoms with E-state index in [4.69, 9.17) is 8.83 Å². The third-order valence-corrected chi connectivity index (χ3v) is 3.56. The predicted octanol–water partition coefficient (Wildman–Crippen LogP) is 2.63. The maximum Gasteiger partial charge on any atom is 0.287 e. The van der Waals surface area contributed by atoms with E-state index in [0.717, 1.165) is 0 Å². The first-order chi connectivity index (χ1) is 11.6. The van der Waals surface area contributed by atoms with E-state index >= 15 is 0 Å². The lowest BCUT2D eigenvalue weighted by atomic mass is 10.1. The van der Waals surface area contributed by atoms with Crippen LogP contribution in [0.25, 0.3) is 11.0 Å². The van der Waals surface area contributed by atoms with Crippen LogP contribution in [0, 0.1) is 12.7 Å². The first kappa shape index (κ1) is 15.8. The number of aryl methyl sites for hydroxylation is 1. The van der Waals surface area contributed by atoms with Crippen LogP contribution in [0.2, 0.25) is 0 Å². The van der Waals surface area contributed by atoms with E-state index in [1.807, 2.05) is 0 Å². The van der Waals surface area contributed by atoms with E-state index in [0.29, 0.717) is 10.9 Å². The summed E-state index contributed by atoms with van der Waals surface area (Å²) in [6, 6.07) is 7.68. The van der Waals surface area contributed by atoms with Crippen molar-refractivity contribution < 1.29 is 22.8 Å². The Balaban J connectivity index is 1.59. The summed E-state index contributed by atoms with van der Waals surface area (Å²) in [5.74, 6) is -1.08. The molecule has 24 heavy (non-hydrogen) atoms. The summed E-state index contributed by atoms with van der Waals surface area (Å²) in [6.45, 7) is 2.11. The van der Waals surface area contributed by atoms with Gasteiger partial charge in [0.1, 0.15) is 0 Å². The highest BCUT2D eigenvalue weighted by Crippen LogP contribution is 2.27. The highest BCUT2D eigenvalue weighted by atomic mass is 19.1. The molecule has 3 rings (SSSR count). The van der Waals surface area contributed by atoms with Crippen molar-refractivity contribution in [1.82, 2.24) is 10.6 Å². The van der Waals surface area contributed by atoms with E-state index in [-0.39, 0.29) is 36.1 Å². The number of carbonyl (C=O) groups is 2. The molecule has 3 aromatic rings. The molecule has 0 atom stereocenters. The van der Waals surface area contributed by atoms with E-state index in [9.17, 15) is 14.0 Å². The number of fused-ring (bicyclic) bond motifs is 1. The first-order valence-corrected chi connectivity index (χ1v) is 7.35. The van der Waals surface area contributed by atoms with E-state index in [1.165, 1.54) is 12.3 Å². The Hall–Kier alpha value is -3.09. The molecule has 0 aliphatic rings. The summed E-state index contributed by atoms with van der Waals surface area (Å²) in [5.41, 5.74) is 0.632. The number of para-hydroxylation sites is 1. The summed E-state index contributed by atoms with van der Waals surface area (Å²) < 4.78 is 24.0. The number of benzene rings is 1. The average Bonchev–Trinajstić information content (AvgIpc) is 3.21. The zero-order valence-corrected chi connectivity index (χ0v) is 12.9. The number of nitrogens with one attached hydrogen (secondary N) is 2. The predicted molar refractivity (Wildman–Crippen MR) is 84.3 cm³/mol. The van der Waals surface area contributed by atoms with Crippen molar-refractivity contribution in [2.24, 2.45) is 0 Å². The van der Waals surface area contributed by atoms with E-state index in [1.54, 1.807) is 31.2 Å². The lowest BCUT2D eigenvalue weighted by Gasteiger charge is -2.05. The monoisotopic (exact) mass is 330 g/mol. The average molecular weight is 330 g/mol. The van der Waals surface area contributed by atoms with Crippen LogP contribution in [0.5, 0.6) is 0 Å². The molecule has 0 saturated heterocycles. The van der Waals surface area contributed by atoms with Gasteiger partial charge in [0.25, 0.3) is 11.8 Å². The Labute approximate surface area is 136 Å². The van der Waals surface area contributed by atoms with Crippen LogP contribution in [0.15, 0.2) is 45.4 Å². The summed E-state index contributed by atoms with van der Waals surface area (Å²) in [5, 5.41) is 5.79. The van der Waals surface area contributed by atoms with Crippen molar-refractivity contribution >= 4 is 22.8 Å². The van der Waals surface area contributed by atoms with Gasteiger partial charge >= 0.3 is 0 Å². The Morgan fingerprint density at radius 3 is 2.50 bits per heavy atom. The van der Waals surface area contributed by atoms with E-state index in [2.05, 4.69) is 10.6 Å². The topological polar surface area (TPSA) is 84.5 Å². The number of carbonyl (C=O) groups excluding carboxylic acids is 2. The molecule has 0 fully saturated rings. The molecule has 124 valence electrons. The van der Waals surface area contributed by atoms with Crippen molar-refractivity contribution in [2.75, 3.05) is 13.1 Å². The van der Waals surface area contributed by atoms with Gasteiger partial charge in [-0.15, -0.1) is 0 Å². The molecule has 2 N–H and O–H groups in total. The standard InChI is InChI=1S/C17H15FN2O4/c1-10-11-4-2-5-12(18)15(11)24-14(10)17(22)20-8-7-19-16(21)13-6-3-9-23-13/h2-6,9H,7-8H2,1H3,(H,19,21)(H,20,22). The van der Waals surface area contributed by atoms with Gasteiger partial charge in [-0.1, -0.05) is 12.1 Å². The second kappa shape index (κ2) is 6.57. The quantitative estimate of drug-likeness (QED) is 0.704. The molecule has 2 aromatic heterocycles. The third-order valence-electron chi connectivity index (χ3n) is 3.56. The normalized spacial score (nSPS) is 10.8. The van der Waals surface area contributed by atoms with Crippen molar-refractivity contribution in [2.45, 2.75) is 6.92 Å². The fraction of sp³-hybridized carbons (Fsp3) is 0.176. The molecule has 0 aliphatic carbocycles. The summed E-state index contributed by atoms with van der Waals surface area (Å²) in [7, 11) is 0. The lowest BCUT2D eigenvalue weighted by Crippen LogP contribution is -2.34. The molecule has 0 radical (unpaired) electrons. The molecule has 0 aliphatic heterocycles. The SMILES string of the molecule is Cc1c(C(=O)NCCNC(=O)c2ccco2)oc2c(F)cccc12. The van der Waals surface area contributed by atoms with Crippen LogP contribution in [0.3, 0.4) is 0 Å². The van der Waals surface area contributed by atoms with Gasteiger partial charge < -0.3 is 19.5 Å². The number of furan rings is 2. The summed E-state index contributed by atoms with van der Waals surface area (Å²) in [6.07, 6.45) is 1.40. The van der Waals surface area contributed by atoms with Gasteiger partial charge in [0.15, 0.2) is 22.9 Å². The molecule has 0 bridgehead atoms. The van der Waals surface area contributed by atoms with Crippen LogP contribution in [0.1, 0.15) is 26.7 Å². The van der Waals surface area contributed by atoms with Crippen molar-refractivity contribution in [1.29, 1.82) is 0 Å². The zero-order chi connectivity index (χ0) is 17.1. The smallest absolute Gasteiger partial charge is 0.287 e. The number of rotatable bonds is 5. The maximum atomic E-state index is 13.7. The molecule has 0 spiro atoms. The van der Waals surface area contributed by atoms with Gasteiger partial charge in [0.05, 0.1) is 6.26 Å². The molecular formula is C17H15FN2O4. The largest absolute Gasteiger partial charge is 0.459 e. The summed E-state index contributed by atoms with van der Waals surface area (Å²) >= 11 is 0. The second-order valence-corrected chi connectivity index (χ2v) is 5.16. The fourth-order valence-corrected chi connectivity index (χ4v) is 2.35. The Morgan fingerprint density at radius 1 is 1.08 bits per heavy atom. The zero-order valence-electron chi connectivity index (χ0n) is 12.9. The number of halogens is 1. The molecule has 0 saturated carbocycles. The molecule has 2 amide bonds. The molecule has 2 heterocycles. The second-order valence-electron chi connectivity index (χ2n) is 5.16. The Kier molecular flexibility index (Phi) is 4.33. The maximum absolute atomic E-state index is 13.7. The molecule has 1 aromatic carbocycles. The molecule has 0 unspecified atom stereocenters. The van der Waals surface area contributed by atoms with Crippen LogP contribution in [-0.4, -0.2) is 24.9 Å².